The molecule has 144 valence electrons. The molecule has 0 saturated heterocycles. The van der Waals surface area contributed by atoms with Gasteiger partial charge in [0.25, 0.3) is 0 Å². The minimum atomic E-state index is -0.138. The molecule has 1 aromatic heterocycles. The minimum Gasteiger partial charge on any atom is -0.326 e. The number of rotatable bonds is 6. The average Bonchev–Trinajstić information content (AvgIpc) is 3.12. The number of benzene rings is 2. The molecule has 0 aliphatic rings. The monoisotopic (exact) mass is 395 g/mol. The minimum absolute atomic E-state index is 0.113. The molecule has 0 fully saturated rings. The number of hydrogen-bond acceptors (Lipinski definition) is 5. The molecule has 0 aliphatic carbocycles. The Labute approximate surface area is 167 Å². The van der Waals surface area contributed by atoms with Gasteiger partial charge >= 0.3 is 0 Å². The van der Waals surface area contributed by atoms with E-state index in [9.17, 15) is 9.59 Å². The number of thioether (sulfide) groups is 1. The van der Waals surface area contributed by atoms with Crippen molar-refractivity contribution in [2.75, 3.05) is 16.4 Å². The lowest BCUT2D eigenvalue weighted by Gasteiger charge is -2.08. The summed E-state index contributed by atoms with van der Waals surface area (Å²) in [6.45, 7) is 5.40. The number of aryl methyl sites for hydroxylation is 2. The summed E-state index contributed by atoms with van der Waals surface area (Å²) in [6, 6.07) is 13.2. The second-order valence-corrected chi connectivity index (χ2v) is 7.33. The number of aromatic amines is 1. The number of amides is 2. The molecule has 28 heavy (non-hydrogen) atoms. The summed E-state index contributed by atoms with van der Waals surface area (Å²) in [5.41, 5.74) is 4.40. The van der Waals surface area contributed by atoms with Crippen molar-refractivity contribution in [3.8, 4) is 11.4 Å². The summed E-state index contributed by atoms with van der Waals surface area (Å²) in [7, 11) is 0. The number of nitrogens with zero attached hydrogens (tertiary/aromatic N) is 2. The lowest BCUT2D eigenvalue weighted by atomic mass is 10.1. The summed E-state index contributed by atoms with van der Waals surface area (Å²) in [5.74, 6) is 0.527. The zero-order valence-corrected chi connectivity index (χ0v) is 16.7. The van der Waals surface area contributed by atoms with E-state index in [1.165, 1.54) is 18.7 Å². The van der Waals surface area contributed by atoms with Gasteiger partial charge in [-0.05, 0) is 43.2 Å². The summed E-state index contributed by atoms with van der Waals surface area (Å²) < 4.78 is 0. The highest BCUT2D eigenvalue weighted by molar-refractivity contribution is 7.99. The topological polar surface area (TPSA) is 99.8 Å². The van der Waals surface area contributed by atoms with Crippen LogP contribution >= 0.6 is 11.8 Å². The highest BCUT2D eigenvalue weighted by atomic mass is 32.2. The van der Waals surface area contributed by atoms with E-state index in [1.807, 2.05) is 50.2 Å². The number of nitrogens with one attached hydrogen (secondary N) is 3. The SMILES string of the molecule is CC(=O)Nc1cccc(-c2nc(SCC(=O)Nc3cc(C)ccc3C)n[nH]2)c1. The Morgan fingerprint density at radius 2 is 1.93 bits per heavy atom. The number of hydrogen-bond donors (Lipinski definition) is 3. The molecule has 0 atom stereocenters. The van der Waals surface area contributed by atoms with Crippen LogP contribution < -0.4 is 10.6 Å². The van der Waals surface area contributed by atoms with Crippen molar-refractivity contribution < 1.29 is 9.59 Å². The van der Waals surface area contributed by atoms with E-state index in [1.54, 1.807) is 6.07 Å². The molecule has 3 rings (SSSR count). The number of carbonyl (C=O) groups excluding carboxylic acids is 2. The van der Waals surface area contributed by atoms with Gasteiger partial charge in [-0.1, -0.05) is 36.0 Å². The van der Waals surface area contributed by atoms with Crippen molar-refractivity contribution in [3.05, 3.63) is 53.6 Å². The first-order chi connectivity index (χ1) is 13.4. The summed E-state index contributed by atoms with van der Waals surface area (Å²) in [5, 5.41) is 13.2. The number of aromatic nitrogens is 3. The predicted molar refractivity (Wildman–Crippen MR) is 111 cm³/mol. The van der Waals surface area contributed by atoms with Gasteiger partial charge in [-0.25, -0.2) is 4.98 Å². The van der Waals surface area contributed by atoms with Crippen LogP contribution in [0.15, 0.2) is 47.6 Å². The molecule has 8 heteroatoms. The number of H-pyrrole nitrogens is 1. The van der Waals surface area contributed by atoms with Crippen LogP contribution in [-0.2, 0) is 9.59 Å². The van der Waals surface area contributed by atoms with E-state index in [-0.39, 0.29) is 17.6 Å². The summed E-state index contributed by atoms with van der Waals surface area (Å²) in [4.78, 5) is 27.8. The second-order valence-electron chi connectivity index (χ2n) is 6.38. The first-order valence-electron chi connectivity index (χ1n) is 8.71. The van der Waals surface area contributed by atoms with Crippen LogP contribution in [0.4, 0.5) is 11.4 Å². The standard InChI is InChI=1S/C20H21N5O2S/c1-12-7-8-13(2)17(9-12)22-18(27)11-28-20-23-19(24-25-20)15-5-4-6-16(10-15)21-14(3)26/h4-10H,11H2,1-3H3,(H,21,26)(H,22,27)(H,23,24,25). The maximum atomic E-state index is 12.2. The Morgan fingerprint density at radius 1 is 1.11 bits per heavy atom. The van der Waals surface area contributed by atoms with Crippen LogP contribution in [-0.4, -0.2) is 32.7 Å². The fraction of sp³-hybridized carbons (Fsp3) is 0.200. The quantitative estimate of drug-likeness (QED) is 0.552. The van der Waals surface area contributed by atoms with E-state index in [0.717, 1.165) is 22.4 Å². The molecule has 0 saturated carbocycles. The second kappa shape index (κ2) is 8.71. The van der Waals surface area contributed by atoms with Gasteiger partial charge in [-0.2, -0.15) is 0 Å². The predicted octanol–water partition coefficient (Wildman–Crippen LogP) is 3.78. The first kappa shape index (κ1) is 19.6. The van der Waals surface area contributed by atoms with Crippen molar-refractivity contribution in [3.63, 3.8) is 0 Å². The molecule has 1 heterocycles. The van der Waals surface area contributed by atoms with Gasteiger partial charge in [0.05, 0.1) is 5.75 Å². The van der Waals surface area contributed by atoms with Gasteiger partial charge in [0.2, 0.25) is 17.0 Å². The molecule has 0 spiro atoms. The zero-order valence-electron chi connectivity index (χ0n) is 15.9. The molecule has 2 amide bonds. The molecular weight excluding hydrogens is 374 g/mol. The van der Waals surface area contributed by atoms with Crippen molar-refractivity contribution in [2.45, 2.75) is 25.9 Å². The third-order valence-corrected chi connectivity index (χ3v) is 4.77. The molecule has 7 nitrogen and oxygen atoms in total. The van der Waals surface area contributed by atoms with E-state index < -0.39 is 0 Å². The van der Waals surface area contributed by atoms with E-state index in [0.29, 0.717) is 16.7 Å². The van der Waals surface area contributed by atoms with Crippen LogP contribution in [0.25, 0.3) is 11.4 Å². The van der Waals surface area contributed by atoms with Gasteiger partial charge in [-0.15, -0.1) is 5.10 Å². The van der Waals surface area contributed by atoms with Gasteiger partial charge in [0, 0.05) is 23.9 Å². The Bertz CT molecular complexity index is 1020. The normalized spacial score (nSPS) is 10.5. The van der Waals surface area contributed by atoms with E-state index in [4.69, 9.17) is 0 Å². The number of anilines is 2. The Morgan fingerprint density at radius 3 is 2.71 bits per heavy atom. The lowest BCUT2D eigenvalue weighted by molar-refractivity contribution is -0.114. The highest BCUT2D eigenvalue weighted by Crippen LogP contribution is 2.22. The molecular formula is C20H21N5O2S. The third kappa shape index (κ3) is 5.20. The third-order valence-electron chi connectivity index (χ3n) is 3.92. The largest absolute Gasteiger partial charge is 0.326 e. The van der Waals surface area contributed by atoms with Crippen LogP contribution in [0, 0.1) is 13.8 Å². The van der Waals surface area contributed by atoms with Gasteiger partial charge in [0.15, 0.2) is 5.82 Å². The highest BCUT2D eigenvalue weighted by Gasteiger charge is 2.11. The van der Waals surface area contributed by atoms with Crippen LogP contribution in [0.1, 0.15) is 18.1 Å². The fourth-order valence-corrected chi connectivity index (χ4v) is 3.17. The number of carbonyl (C=O) groups is 2. The molecule has 0 bridgehead atoms. The smallest absolute Gasteiger partial charge is 0.234 e. The Kier molecular flexibility index (Phi) is 6.10. The first-order valence-corrected chi connectivity index (χ1v) is 9.69. The molecule has 0 aliphatic heterocycles. The molecule has 2 aromatic carbocycles. The van der Waals surface area contributed by atoms with Crippen LogP contribution in [0.3, 0.4) is 0 Å². The van der Waals surface area contributed by atoms with Crippen molar-refractivity contribution in [1.82, 2.24) is 15.2 Å². The molecule has 3 aromatic rings. The van der Waals surface area contributed by atoms with Crippen LogP contribution in [0.5, 0.6) is 0 Å². The average molecular weight is 395 g/mol. The summed E-state index contributed by atoms with van der Waals surface area (Å²) >= 11 is 1.25. The Hall–Kier alpha value is -3.13. The molecule has 0 unspecified atom stereocenters. The van der Waals surface area contributed by atoms with E-state index >= 15 is 0 Å². The Balaban J connectivity index is 1.61. The maximum Gasteiger partial charge on any atom is 0.234 e. The maximum absolute atomic E-state index is 12.2. The fourth-order valence-electron chi connectivity index (χ4n) is 2.57. The zero-order chi connectivity index (χ0) is 20.1. The van der Waals surface area contributed by atoms with Gasteiger partial charge in [0.1, 0.15) is 0 Å². The molecule has 3 N–H and O–H groups in total. The summed E-state index contributed by atoms with van der Waals surface area (Å²) in [6.07, 6.45) is 0. The van der Waals surface area contributed by atoms with Crippen molar-refractivity contribution >= 4 is 35.0 Å². The lowest BCUT2D eigenvalue weighted by Crippen LogP contribution is -2.15. The van der Waals surface area contributed by atoms with Crippen molar-refractivity contribution in [1.29, 1.82) is 0 Å². The van der Waals surface area contributed by atoms with Gasteiger partial charge in [-0.3, -0.25) is 14.7 Å². The van der Waals surface area contributed by atoms with Gasteiger partial charge < -0.3 is 10.6 Å². The van der Waals surface area contributed by atoms with Crippen molar-refractivity contribution in [2.24, 2.45) is 0 Å². The van der Waals surface area contributed by atoms with Crippen LogP contribution in [0.2, 0.25) is 0 Å². The molecule has 0 radical (unpaired) electrons. The van der Waals surface area contributed by atoms with E-state index in [2.05, 4.69) is 25.8 Å².